The van der Waals surface area contributed by atoms with Crippen molar-refractivity contribution in [2.75, 3.05) is 11.8 Å². The van der Waals surface area contributed by atoms with E-state index in [4.69, 9.17) is 14.0 Å². The second-order valence-electron chi connectivity index (χ2n) is 7.26. The molecule has 1 N–H and O–H groups in total. The number of sulfonamides is 1. The predicted octanol–water partition coefficient (Wildman–Crippen LogP) is 1.29. The van der Waals surface area contributed by atoms with Crippen LogP contribution in [0, 0.1) is 0 Å². The lowest BCUT2D eigenvalue weighted by Gasteiger charge is -2.32. The van der Waals surface area contributed by atoms with Gasteiger partial charge in [-0.15, -0.1) is 0 Å². The Hall–Kier alpha value is -1.32. The summed E-state index contributed by atoms with van der Waals surface area (Å²) in [4.78, 5) is 4.19. The smallest absolute Gasteiger partial charge is 0.480 e. The van der Waals surface area contributed by atoms with Gasteiger partial charge in [0.1, 0.15) is 5.69 Å². The topological polar surface area (TPSA) is 86.8 Å². The first kappa shape index (κ1) is 17.5. The van der Waals surface area contributed by atoms with Gasteiger partial charge in [0, 0.05) is 11.7 Å². The van der Waals surface area contributed by atoms with Crippen molar-refractivity contribution in [3.05, 3.63) is 12.3 Å². The van der Waals surface area contributed by atoms with Gasteiger partial charge >= 0.3 is 7.12 Å². The van der Waals surface area contributed by atoms with Gasteiger partial charge in [-0.1, -0.05) is 0 Å². The van der Waals surface area contributed by atoms with E-state index in [1.165, 1.54) is 7.11 Å². The molecular weight excluding hydrogens is 331 g/mol. The average molecular weight is 354 g/mol. The summed E-state index contributed by atoms with van der Waals surface area (Å²) in [5, 5.41) is -0.331. The van der Waals surface area contributed by atoms with E-state index in [-0.39, 0.29) is 11.1 Å². The zero-order valence-corrected chi connectivity index (χ0v) is 15.4. The quantitative estimate of drug-likeness (QED) is 0.802. The monoisotopic (exact) mass is 354 g/mol. The summed E-state index contributed by atoms with van der Waals surface area (Å²) >= 11 is 0. The summed E-state index contributed by atoms with van der Waals surface area (Å²) in [6.07, 6.45) is 2.94. The third kappa shape index (κ3) is 3.12. The van der Waals surface area contributed by atoms with Crippen LogP contribution in [0.1, 0.15) is 40.5 Å². The molecule has 1 aliphatic heterocycles. The molecule has 24 heavy (non-hydrogen) atoms. The Kier molecular flexibility index (Phi) is 4.09. The van der Waals surface area contributed by atoms with E-state index in [1.54, 1.807) is 12.3 Å². The van der Waals surface area contributed by atoms with E-state index in [0.717, 1.165) is 0 Å². The van der Waals surface area contributed by atoms with Crippen LogP contribution in [0.4, 0.5) is 5.69 Å². The molecule has 0 unspecified atom stereocenters. The summed E-state index contributed by atoms with van der Waals surface area (Å²) in [5.74, 6) is 0.222. The maximum Gasteiger partial charge on any atom is 0.496 e. The first-order valence-electron chi connectivity index (χ1n) is 7.97. The molecule has 0 amide bonds. The lowest BCUT2D eigenvalue weighted by Crippen LogP contribution is -2.41. The van der Waals surface area contributed by atoms with Crippen LogP contribution in [0.5, 0.6) is 5.88 Å². The predicted molar refractivity (Wildman–Crippen MR) is 92.1 cm³/mol. The van der Waals surface area contributed by atoms with E-state index >= 15 is 0 Å². The summed E-state index contributed by atoms with van der Waals surface area (Å²) in [7, 11) is -2.57. The minimum Gasteiger partial charge on any atom is -0.480 e. The van der Waals surface area contributed by atoms with Crippen molar-refractivity contribution in [1.29, 1.82) is 0 Å². The van der Waals surface area contributed by atoms with Gasteiger partial charge in [-0.05, 0) is 46.6 Å². The highest BCUT2D eigenvalue weighted by molar-refractivity contribution is 7.93. The molecule has 1 saturated heterocycles. The van der Waals surface area contributed by atoms with Crippen LogP contribution in [0.15, 0.2) is 12.3 Å². The molecule has 0 spiro atoms. The third-order valence-corrected chi connectivity index (χ3v) is 6.66. The van der Waals surface area contributed by atoms with Crippen LogP contribution in [-0.4, -0.2) is 44.1 Å². The molecule has 7 nitrogen and oxygen atoms in total. The Labute approximate surface area is 143 Å². The van der Waals surface area contributed by atoms with Crippen molar-refractivity contribution in [2.24, 2.45) is 0 Å². The second kappa shape index (κ2) is 5.61. The number of nitrogens with one attached hydrogen (secondary N) is 1. The molecule has 0 radical (unpaired) electrons. The Balaban J connectivity index is 1.90. The Morgan fingerprint density at radius 3 is 2.33 bits per heavy atom. The molecule has 2 aliphatic rings. The molecule has 2 fully saturated rings. The molecule has 2 heterocycles. The summed E-state index contributed by atoms with van der Waals surface area (Å²) in [5.41, 5.74) is -0.0177. The van der Waals surface area contributed by atoms with Crippen molar-refractivity contribution in [2.45, 2.75) is 57.0 Å². The number of methoxy groups -OCH3 is 1. The van der Waals surface area contributed by atoms with E-state index in [0.29, 0.717) is 24.0 Å². The van der Waals surface area contributed by atoms with Crippen LogP contribution in [0.3, 0.4) is 0 Å². The lowest BCUT2D eigenvalue weighted by molar-refractivity contribution is 0.00578. The number of hydrogen-bond donors (Lipinski definition) is 1. The molecule has 1 aromatic rings. The number of pyridine rings is 1. The van der Waals surface area contributed by atoms with Crippen molar-refractivity contribution >= 4 is 28.3 Å². The molecule has 9 heteroatoms. The summed E-state index contributed by atoms with van der Waals surface area (Å²) < 4.78 is 44.2. The van der Waals surface area contributed by atoms with E-state index < -0.39 is 28.3 Å². The minimum atomic E-state index is -3.41. The van der Waals surface area contributed by atoms with Gasteiger partial charge in [0.05, 0.1) is 23.6 Å². The van der Waals surface area contributed by atoms with E-state index in [9.17, 15) is 8.42 Å². The molecule has 1 aromatic heterocycles. The number of aromatic nitrogens is 1. The fraction of sp³-hybridized carbons (Fsp3) is 0.667. The average Bonchev–Trinajstić information content (AvgIpc) is 3.27. The summed E-state index contributed by atoms with van der Waals surface area (Å²) in [6.45, 7) is 7.84. The number of ether oxygens (including phenoxy) is 1. The Morgan fingerprint density at radius 1 is 1.25 bits per heavy atom. The van der Waals surface area contributed by atoms with E-state index in [1.807, 2.05) is 27.7 Å². The minimum absolute atomic E-state index is 0.222. The highest BCUT2D eigenvalue weighted by atomic mass is 32.2. The number of hydrogen-bond acceptors (Lipinski definition) is 6. The lowest BCUT2D eigenvalue weighted by atomic mass is 9.80. The maximum absolute atomic E-state index is 12.2. The normalized spacial score (nSPS) is 22.5. The highest BCUT2D eigenvalue weighted by Crippen LogP contribution is 2.37. The van der Waals surface area contributed by atoms with Crippen molar-refractivity contribution < 1.29 is 22.5 Å². The second-order valence-corrected chi connectivity index (χ2v) is 9.22. The zero-order valence-electron chi connectivity index (χ0n) is 14.6. The summed E-state index contributed by atoms with van der Waals surface area (Å²) in [6, 6.07) is 1.66. The van der Waals surface area contributed by atoms with Crippen LogP contribution in [-0.2, 0) is 19.3 Å². The van der Waals surface area contributed by atoms with Crippen LogP contribution in [0.25, 0.3) is 0 Å². The highest BCUT2D eigenvalue weighted by Gasteiger charge is 2.52. The number of nitrogens with zero attached hydrogens (tertiary/aromatic N) is 1. The van der Waals surface area contributed by atoms with E-state index in [2.05, 4.69) is 9.71 Å². The fourth-order valence-electron chi connectivity index (χ4n) is 2.43. The molecule has 1 saturated carbocycles. The van der Waals surface area contributed by atoms with Gasteiger partial charge in [0.2, 0.25) is 15.9 Å². The molecule has 0 bridgehead atoms. The molecule has 3 rings (SSSR count). The Morgan fingerprint density at radius 2 is 1.83 bits per heavy atom. The molecule has 1 aliphatic carbocycles. The molecule has 0 aromatic carbocycles. The van der Waals surface area contributed by atoms with Crippen LogP contribution >= 0.6 is 0 Å². The van der Waals surface area contributed by atoms with Gasteiger partial charge in [-0.25, -0.2) is 13.4 Å². The fourth-order valence-corrected chi connectivity index (χ4v) is 3.80. The van der Waals surface area contributed by atoms with Gasteiger partial charge in [-0.3, -0.25) is 4.72 Å². The number of anilines is 1. The van der Waals surface area contributed by atoms with Crippen molar-refractivity contribution in [3.8, 4) is 5.88 Å². The zero-order chi connectivity index (χ0) is 17.8. The standard InChI is InChI=1S/C15H23BN2O5S/c1-14(2)15(3,4)23-16(22-14)10-8-12(13(21-5)17-9-10)18-24(19,20)11-6-7-11/h8-9,11,18H,6-7H2,1-5H3. The molecule has 132 valence electrons. The SMILES string of the molecule is COc1ncc(B2OC(C)(C)C(C)(C)O2)cc1NS(=O)(=O)C1CC1. The number of rotatable bonds is 5. The largest absolute Gasteiger partial charge is 0.496 e. The van der Waals surface area contributed by atoms with Gasteiger partial charge in [0.15, 0.2) is 0 Å². The third-order valence-electron chi connectivity index (χ3n) is 4.81. The maximum atomic E-state index is 12.2. The van der Waals surface area contributed by atoms with Crippen molar-refractivity contribution in [3.63, 3.8) is 0 Å². The molecule has 0 atom stereocenters. The van der Waals surface area contributed by atoms with Crippen LogP contribution in [0.2, 0.25) is 0 Å². The molecular formula is C15H23BN2O5S. The van der Waals surface area contributed by atoms with Gasteiger partial charge in [0.25, 0.3) is 0 Å². The van der Waals surface area contributed by atoms with Crippen molar-refractivity contribution in [1.82, 2.24) is 4.98 Å². The van der Waals surface area contributed by atoms with Gasteiger partial charge < -0.3 is 14.0 Å². The first-order valence-corrected chi connectivity index (χ1v) is 9.51. The Bertz CT molecular complexity index is 730. The van der Waals surface area contributed by atoms with Gasteiger partial charge in [-0.2, -0.15) is 0 Å². The first-order chi connectivity index (χ1) is 11.1. The van der Waals surface area contributed by atoms with Crippen LogP contribution < -0.4 is 14.9 Å².